The van der Waals surface area contributed by atoms with Crippen LogP contribution < -0.4 is 5.32 Å². The van der Waals surface area contributed by atoms with Crippen molar-refractivity contribution >= 4 is 11.6 Å². The van der Waals surface area contributed by atoms with Crippen molar-refractivity contribution < 1.29 is 26.9 Å². The average molecular weight is 431 g/mol. The molecule has 0 saturated carbocycles. The second kappa shape index (κ2) is 8.01. The molecule has 0 unspecified atom stereocenters. The van der Waals surface area contributed by atoms with Crippen LogP contribution in [-0.2, 0) is 12.7 Å². The zero-order valence-electron chi connectivity index (χ0n) is 15.6. The lowest BCUT2D eigenvalue weighted by Gasteiger charge is -2.11. The van der Waals surface area contributed by atoms with Gasteiger partial charge < -0.3 is 9.84 Å². The van der Waals surface area contributed by atoms with Crippen LogP contribution in [0.3, 0.4) is 0 Å². The number of carbonyl (C=O) groups is 1. The number of nitrogens with one attached hydrogen (secondary N) is 1. The van der Waals surface area contributed by atoms with Crippen molar-refractivity contribution in [2.24, 2.45) is 0 Å². The number of carbonyl (C=O) groups excluding carboxylic acids is 1. The monoisotopic (exact) mass is 431 g/mol. The van der Waals surface area contributed by atoms with E-state index in [0.717, 1.165) is 6.20 Å². The Hall–Kier alpha value is -4.02. The molecule has 4 aromatic rings. The minimum atomic E-state index is -4.59. The predicted molar refractivity (Wildman–Crippen MR) is 100 cm³/mol. The van der Waals surface area contributed by atoms with Crippen LogP contribution in [0, 0.1) is 5.82 Å². The lowest BCUT2D eigenvalue weighted by Crippen LogP contribution is -2.14. The summed E-state index contributed by atoms with van der Waals surface area (Å²) in [7, 11) is 0. The van der Waals surface area contributed by atoms with Crippen molar-refractivity contribution in [1.29, 1.82) is 0 Å². The third kappa shape index (κ3) is 4.44. The first-order valence-corrected chi connectivity index (χ1v) is 8.88. The number of nitrogens with zero attached hydrogens (tertiary/aromatic N) is 4. The normalized spacial score (nSPS) is 11.5. The fourth-order valence-corrected chi connectivity index (χ4v) is 2.88. The van der Waals surface area contributed by atoms with Gasteiger partial charge in [0, 0.05) is 24.0 Å². The minimum Gasteiger partial charge on any atom is -0.355 e. The summed E-state index contributed by atoms with van der Waals surface area (Å²) in [5.74, 6) is -1.10. The molecule has 3 heterocycles. The Morgan fingerprint density at radius 2 is 1.97 bits per heavy atom. The Balaban J connectivity index is 1.47. The Labute approximate surface area is 172 Å². The van der Waals surface area contributed by atoms with Crippen LogP contribution >= 0.6 is 0 Å². The minimum absolute atomic E-state index is 0.0676. The second-order valence-electron chi connectivity index (χ2n) is 6.45. The van der Waals surface area contributed by atoms with E-state index in [0.29, 0.717) is 0 Å². The molecule has 0 bridgehead atoms. The van der Waals surface area contributed by atoms with E-state index in [2.05, 4.69) is 20.6 Å². The summed E-state index contributed by atoms with van der Waals surface area (Å²) in [6.07, 6.45) is -0.888. The van der Waals surface area contributed by atoms with Crippen LogP contribution in [0.2, 0.25) is 0 Å². The van der Waals surface area contributed by atoms with Gasteiger partial charge in [0.2, 0.25) is 0 Å². The molecule has 1 amide bonds. The Bertz CT molecular complexity index is 1230. The summed E-state index contributed by atoms with van der Waals surface area (Å²) in [4.78, 5) is 15.8. The van der Waals surface area contributed by atoms with E-state index in [9.17, 15) is 22.4 Å². The third-order valence-corrected chi connectivity index (χ3v) is 4.27. The van der Waals surface area contributed by atoms with Gasteiger partial charge in [0.25, 0.3) is 5.91 Å². The molecule has 0 fully saturated rings. The fourth-order valence-electron chi connectivity index (χ4n) is 2.88. The summed E-state index contributed by atoms with van der Waals surface area (Å²) in [5.41, 5.74) is -0.782. The molecule has 158 valence electrons. The van der Waals surface area contributed by atoms with E-state index >= 15 is 0 Å². The van der Waals surface area contributed by atoms with E-state index in [4.69, 9.17) is 4.52 Å². The summed E-state index contributed by atoms with van der Waals surface area (Å²) in [6, 6.07) is 9.84. The van der Waals surface area contributed by atoms with Gasteiger partial charge in [0.15, 0.2) is 11.5 Å². The molecule has 1 aromatic carbocycles. The summed E-state index contributed by atoms with van der Waals surface area (Å²) < 4.78 is 59.3. The van der Waals surface area contributed by atoms with Crippen LogP contribution in [-0.4, -0.2) is 25.8 Å². The number of aromatic nitrogens is 4. The smallest absolute Gasteiger partial charge is 0.355 e. The van der Waals surface area contributed by atoms with Gasteiger partial charge in [0.1, 0.15) is 11.5 Å². The topological polar surface area (TPSA) is 85.8 Å². The first-order chi connectivity index (χ1) is 14.8. The zero-order valence-corrected chi connectivity index (χ0v) is 15.6. The average Bonchev–Trinajstić information content (AvgIpc) is 3.38. The van der Waals surface area contributed by atoms with Gasteiger partial charge in [-0.3, -0.25) is 14.5 Å². The van der Waals surface area contributed by atoms with Crippen LogP contribution in [0.1, 0.15) is 21.7 Å². The van der Waals surface area contributed by atoms with E-state index in [1.54, 1.807) is 6.07 Å². The van der Waals surface area contributed by atoms with Crippen molar-refractivity contribution in [3.63, 3.8) is 0 Å². The lowest BCUT2D eigenvalue weighted by molar-refractivity contribution is -0.141. The van der Waals surface area contributed by atoms with Crippen molar-refractivity contribution in [2.45, 2.75) is 12.7 Å². The molecular formula is C20H13F4N5O2. The Kier molecular flexibility index (Phi) is 5.24. The molecule has 3 aromatic heterocycles. The molecule has 7 nitrogen and oxygen atoms in total. The Morgan fingerprint density at radius 3 is 2.74 bits per heavy atom. The SMILES string of the molecule is O=C(Nc1cnn(Cc2cccnc2C(F)(F)F)c1)c1cc(-c2ccccc2F)on1. The highest BCUT2D eigenvalue weighted by Gasteiger charge is 2.35. The molecule has 31 heavy (non-hydrogen) atoms. The van der Waals surface area contributed by atoms with E-state index in [1.165, 1.54) is 53.5 Å². The molecule has 0 spiro atoms. The quantitative estimate of drug-likeness (QED) is 0.474. The molecule has 4 rings (SSSR count). The van der Waals surface area contributed by atoms with E-state index in [1.807, 2.05) is 0 Å². The number of anilines is 1. The number of amides is 1. The Morgan fingerprint density at radius 1 is 1.16 bits per heavy atom. The maximum atomic E-state index is 13.8. The molecule has 1 N–H and O–H groups in total. The maximum absolute atomic E-state index is 13.8. The standard InChI is InChI=1S/C20H13F4N5O2/c21-15-6-2-1-5-14(15)17-8-16(28-31-17)19(30)27-13-9-26-29(11-13)10-12-4-3-7-25-18(12)20(22,23)24/h1-9,11H,10H2,(H,27,30). The van der Waals surface area contributed by atoms with Gasteiger partial charge in [0.05, 0.1) is 24.0 Å². The highest BCUT2D eigenvalue weighted by molar-refractivity contribution is 6.03. The van der Waals surface area contributed by atoms with Crippen LogP contribution in [0.5, 0.6) is 0 Å². The third-order valence-electron chi connectivity index (χ3n) is 4.27. The fraction of sp³-hybridized carbons (Fsp3) is 0.100. The zero-order chi connectivity index (χ0) is 22.0. The molecule has 0 aliphatic rings. The lowest BCUT2D eigenvalue weighted by atomic mass is 10.1. The van der Waals surface area contributed by atoms with Crippen molar-refractivity contribution in [3.8, 4) is 11.3 Å². The van der Waals surface area contributed by atoms with Gasteiger partial charge in [-0.2, -0.15) is 18.3 Å². The summed E-state index contributed by atoms with van der Waals surface area (Å²) in [6.45, 7) is -0.194. The highest BCUT2D eigenvalue weighted by atomic mass is 19.4. The number of rotatable bonds is 5. The molecule has 0 saturated heterocycles. The number of halogens is 4. The van der Waals surface area contributed by atoms with Crippen LogP contribution in [0.15, 0.2) is 65.6 Å². The summed E-state index contributed by atoms with van der Waals surface area (Å²) >= 11 is 0. The number of benzene rings is 1. The van der Waals surface area contributed by atoms with Gasteiger partial charge in [-0.15, -0.1) is 0 Å². The first kappa shape index (κ1) is 20.3. The van der Waals surface area contributed by atoms with Gasteiger partial charge in [-0.05, 0) is 18.2 Å². The molecule has 0 aliphatic carbocycles. The molecular weight excluding hydrogens is 418 g/mol. The van der Waals surface area contributed by atoms with Gasteiger partial charge >= 0.3 is 6.18 Å². The van der Waals surface area contributed by atoms with Crippen molar-refractivity contribution in [2.75, 3.05) is 5.32 Å². The largest absolute Gasteiger partial charge is 0.433 e. The molecule has 0 aliphatic heterocycles. The number of hydrogen-bond acceptors (Lipinski definition) is 5. The van der Waals surface area contributed by atoms with Crippen molar-refractivity contribution in [3.05, 3.63) is 83.8 Å². The molecule has 0 atom stereocenters. The van der Waals surface area contributed by atoms with Gasteiger partial charge in [-0.25, -0.2) is 4.39 Å². The predicted octanol–water partition coefficient (Wildman–Crippen LogP) is 4.39. The first-order valence-electron chi connectivity index (χ1n) is 8.88. The van der Waals surface area contributed by atoms with E-state index in [-0.39, 0.29) is 34.8 Å². The molecule has 0 radical (unpaired) electrons. The van der Waals surface area contributed by atoms with Crippen LogP contribution in [0.4, 0.5) is 23.2 Å². The number of alkyl halides is 3. The number of pyridine rings is 1. The second-order valence-corrected chi connectivity index (χ2v) is 6.45. The van der Waals surface area contributed by atoms with Crippen LogP contribution in [0.25, 0.3) is 11.3 Å². The maximum Gasteiger partial charge on any atom is 0.433 e. The summed E-state index contributed by atoms with van der Waals surface area (Å²) in [5, 5.41) is 10.1. The highest BCUT2D eigenvalue weighted by Crippen LogP contribution is 2.30. The number of hydrogen-bond donors (Lipinski definition) is 1. The molecule has 11 heteroatoms. The van der Waals surface area contributed by atoms with Gasteiger partial charge in [-0.1, -0.05) is 23.4 Å². The van der Waals surface area contributed by atoms with E-state index < -0.39 is 23.6 Å². The van der Waals surface area contributed by atoms with Crippen molar-refractivity contribution in [1.82, 2.24) is 19.9 Å².